The first-order valence-electron chi connectivity index (χ1n) is 10.4. The van der Waals surface area contributed by atoms with Gasteiger partial charge < -0.3 is 4.74 Å². The van der Waals surface area contributed by atoms with Crippen molar-refractivity contribution in [1.82, 2.24) is 4.90 Å². The average Bonchev–Trinajstić information content (AvgIpc) is 2.71. The first-order valence-corrected chi connectivity index (χ1v) is 10.4. The van der Waals surface area contributed by atoms with Gasteiger partial charge in [-0.15, -0.1) is 0 Å². The molecule has 1 saturated carbocycles. The van der Waals surface area contributed by atoms with Crippen molar-refractivity contribution in [2.45, 2.75) is 57.1 Å². The summed E-state index contributed by atoms with van der Waals surface area (Å²) in [4.78, 5) is 2.73. The standard InChI is InChI=1S/C24H31NO/c1-3-9-20(10-4-1)19-21-15-17-25(18-16-21)23-13-7-8-14-24(23)26-22-11-5-2-6-12-22/h1-6,9-12,21,23-24H,7-8,13-19H2. The molecule has 2 aromatic rings. The normalized spacial score (nSPS) is 25.1. The SMILES string of the molecule is c1ccc(CC2CCN(C3CCCCC3Oc3ccccc3)CC2)cc1. The Morgan fingerprint density at radius 1 is 0.769 bits per heavy atom. The van der Waals surface area contributed by atoms with E-state index in [0.717, 1.165) is 11.7 Å². The summed E-state index contributed by atoms with van der Waals surface area (Å²) in [6, 6.07) is 22.0. The molecule has 0 radical (unpaired) electrons. The van der Waals surface area contributed by atoms with Gasteiger partial charge in [0.25, 0.3) is 0 Å². The van der Waals surface area contributed by atoms with E-state index in [1.807, 2.05) is 0 Å². The molecule has 1 heterocycles. The molecule has 1 saturated heterocycles. The zero-order chi connectivity index (χ0) is 17.6. The summed E-state index contributed by atoms with van der Waals surface area (Å²) in [7, 11) is 0. The molecule has 0 bridgehead atoms. The molecule has 2 aromatic carbocycles. The molecular weight excluding hydrogens is 318 g/mol. The minimum atomic E-state index is 0.358. The van der Waals surface area contributed by atoms with Crippen molar-refractivity contribution in [1.29, 1.82) is 0 Å². The predicted molar refractivity (Wildman–Crippen MR) is 108 cm³/mol. The van der Waals surface area contributed by atoms with Crippen molar-refractivity contribution in [3.63, 3.8) is 0 Å². The van der Waals surface area contributed by atoms with E-state index in [4.69, 9.17) is 4.74 Å². The Morgan fingerprint density at radius 3 is 2.15 bits per heavy atom. The molecule has 2 heteroatoms. The first-order chi connectivity index (χ1) is 12.9. The molecule has 0 N–H and O–H groups in total. The summed E-state index contributed by atoms with van der Waals surface area (Å²) in [5.41, 5.74) is 1.49. The van der Waals surface area contributed by atoms with E-state index in [0.29, 0.717) is 12.1 Å². The van der Waals surface area contributed by atoms with Crippen LogP contribution in [0.25, 0.3) is 0 Å². The average molecular weight is 350 g/mol. The van der Waals surface area contributed by atoms with Crippen LogP contribution in [-0.4, -0.2) is 30.1 Å². The number of benzene rings is 2. The van der Waals surface area contributed by atoms with Gasteiger partial charge in [-0.3, -0.25) is 4.90 Å². The van der Waals surface area contributed by atoms with Crippen LogP contribution in [0.4, 0.5) is 0 Å². The quantitative estimate of drug-likeness (QED) is 0.723. The fourth-order valence-electron chi connectivity index (χ4n) is 4.74. The fourth-order valence-corrected chi connectivity index (χ4v) is 4.74. The lowest BCUT2D eigenvalue weighted by atomic mass is 9.86. The van der Waals surface area contributed by atoms with Gasteiger partial charge in [-0.25, -0.2) is 0 Å². The summed E-state index contributed by atoms with van der Waals surface area (Å²) in [6.07, 6.45) is 9.39. The maximum absolute atomic E-state index is 6.40. The van der Waals surface area contributed by atoms with E-state index in [1.165, 1.54) is 63.6 Å². The molecule has 2 aliphatic rings. The van der Waals surface area contributed by atoms with Gasteiger partial charge in [0, 0.05) is 6.04 Å². The highest BCUT2D eigenvalue weighted by molar-refractivity contribution is 5.21. The van der Waals surface area contributed by atoms with Crippen LogP contribution in [-0.2, 0) is 6.42 Å². The summed E-state index contributed by atoms with van der Waals surface area (Å²) in [5, 5.41) is 0. The zero-order valence-electron chi connectivity index (χ0n) is 15.7. The Hall–Kier alpha value is -1.80. The van der Waals surface area contributed by atoms with Crippen molar-refractivity contribution < 1.29 is 4.74 Å². The smallest absolute Gasteiger partial charge is 0.119 e. The van der Waals surface area contributed by atoms with Crippen LogP contribution < -0.4 is 4.74 Å². The highest BCUT2D eigenvalue weighted by Gasteiger charge is 2.33. The van der Waals surface area contributed by atoms with Crippen molar-refractivity contribution in [2.75, 3.05) is 13.1 Å². The van der Waals surface area contributed by atoms with E-state index in [-0.39, 0.29) is 0 Å². The third-order valence-corrected chi connectivity index (χ3v) is 6.18. The van der Waals surface area contributed by atoms with E-state index in [9.17, 15) is 0 Å². The highest BCUT2D eigenvalue weighted by atomic mass is 16.5. The zero-order valence-corrected chi connectivity index (χ0v) is 15.7. The van der Waals surface area contributed by atoms with E-state index < -0.39 is 0 Å². The highest BCUT2D eigenvalue weighted by Crippen LogP contribution is 2.31. The third-order valence-electron chi connectivity index (χ3n) is 6.18. The molecule has 2 unspecified atom stereocenters. The second-order valence-corrected chi connectivity index (χ2v) is 7.99. The van der Waals surface area contributed by atoms with Gasteiger partial charge in [-0.2, -0.15) is 0 Å². The lowest BCUT2D eigenvalue weighted by molar-refractivity contribution is 0.0177. The lowest BCUT2D eigenvalue weighted by Crippen LogP contribution is -2.50. The molecular formula is C24H31NO. The number of nitrogens with zero attached hydrogens (tertiary/aromatic N) is 1. The minimum Gasteiger partial charge on any atom is -0.489 e. The van der Waals surface area contributed by atoms with Crippen LogP contribution in [0.2, 0.25) is 0 Å². The molecule has 1 aliphatic heterocycles. The van der Waals surface area contributed by atoms with Crippen LogP contribution in [0.15, 0.2) is 60.7 Å². The van der Waals surface area contributed by atoms with Crippen LogP contribution in [0.3, 0.4) is 0 Å². The molecule has 26 heavy (non-hydrogen) atoms. The molecule has 138 valence electrons. The van der Waals surface area contributed by atoms with Gasteiger partial charge >= 0.3 is 0 Å². The fraction of sp³-hybridized carbons (Fsp3) is 0.500. The summed E-state index contributed by atoms with van der Waals surface area (Å²) in [5.74, 6) is 1.87. The first kappa shape index (κ1) is 17.6. The van der Waals surface area contributed by atoms with Gasteiger partial charge in [-0.1, -0.05) is 55.0 Å². The lowest BCUT2D eigenvalue weighted by Gasteiger charge is -2.43. The second kappa shape index (κ2) is 8.73. The van der Waals surface area contributed by atoms with Crippen LogP contribution in [0.5, 0.6) is 5.75 Å². The molecule has 2 nitrogen and oxygen atoms in total. The molecule has 1 aliphatic carbocycles. The van der Waals surface area contributed by atoms with Crippen LogP contribution >= 0.6 is 0 Å². The minimum absolute atomic E-state index is 0.358. The van der Waals surface area contributed by atoms with Gasteiger partial charge in [0.05, 0.1) is 0 Å². The number of piperidine rings is 1. The Kier molecular flexibility index (Phi) is 5.91. The summed E-state index contributed by atoms with van der Waals surface area (Å²) < 4.78 is 6.40. The number of para-hydroxylation sites is 1. The van der Waals surface area contributed by atoms with Crippen molar-refractivity contribution in [3.8, 4) is 5.75 Å². The molecule has 4 rings (SSSR count). The molecule has 2 atom stereocenters. The molecule has 0 spiro atoms. The topological polar surface area (TPSA) is 12.5 Å². The van der Waals surface area contributed by atoms with Crippen LogP contribution in [0, 0.1) is 5.92 Å². The number of hydrogen-bond donors (Lipinski definition) is 0. The Morgan fingerprint density at radius 2 is 1.42 bits per heavy atom. The van der Waals surface area contributed by atoms with Gasteiger partial charge in [0.15, 0.2) is 0 Å². The third kappa shape index (κ3) is 4.48. The number of hydrogen-bond acceptors (Lipinski definition) is 2. The van der Waals surface area contributed by atoms with Crippen molar-refractivity contribution in [2.24, 2.45) is 5.92 Å². The number of likely N-dealkylation sites (tertiary alicyclic amines) is 1. The maximum Gasteiger partial charge on any atom is 0.119 e. The summed E-state index contributed by atoms with van der Waals surface area (Å²) in [6.45, 7) is 2.47. The van der Waals surface area contributed by atoms with E-state index in [1.54, 1.807) is 0 Å². The van der Waals surface area contributed by atoms with Crippen LogP contribution in [0.1, 0.15) is 44.1 Å². The molecule has 0 aromatic heterocycles. The van der Waals surface area contributed by atoms with Gasteiger partial charge in [-0.05, 0) is 75.2 Å². The van der Waals surface area contributed by atoms with Gasteiger partial charge in [0.1, 0.15) is 11.9 Å². The summed E-state index contributed by atoms with van der Waals surface area (Å²) >= 11 is 0. The number of rotatable bonds is 5. The molecule has 0 amide bonds. The number of ether oxygens (including phenoxy) is 1. The Labute approximate surface area is 158 Å². The Bertz CT molecular complexity index is 648. The van der Waals surface area contributed by atoms with Crippen molar-refractivity contribution in [3.05, 3.63) is 66.2 Å². The molecule has 2 fully saturated rings. The monoisotopic (exact) mass is 349 g/mol. The van der Waals surface area contributed by atoms with Gasteiger partial charge in [0.2, 0.25) is 0 Å². The largest absolute Gasteiger partial charge is 0.489 e. The maximum atomic E-state index is 6.40. The van der Waals surface area contributed by atoms with E-state index >= 15 is 0 Å². The second-order valence-electron chi connectivity index (χ2n) is 7.99. The van der Waals surface area contributed by atoms with Crippen molar-refractivity contribution >= 4 is 0 Å². The predicted octanol–water partition coefficient (Wildman–Crippen LogP) is 5.33. The Balaban J connectivity index is 1.33. The van der Waals surface area contributed by atoms with E-state index in [2.05, 4.69) is 65.6 Å².